The molecule has 0 aliphatic carbocycles. The van der Waals surface area contributed by atoms with Crippen molar-refractivity contribution in [3.8, 4) is 22.5 Å². The summed E-state index contributed by atoms with van der Waals surface area (Å²) in [6.45, 7) is 6.24. The zero-order valence-corrected chi connectivity index (χ0v) is 23.7. The van der Waals surface area contributed by atoms with Crippen LogP contribution in [0.2, 0.25) is 0 Å². The summed E-state index contributed by atoms with van der Waals surface area (Å²) in [6, 6.07) is 20.7. The van der Waals surface area contributed by atoms with Crippen LogP contribution in [-0.2, 0) is 20.3 Å². The maximum atomic E-state index is 6.03. The summed E-state index contributed by atoms with van der Waals surface area (Å²) in [6.07, 6.45) is 5.31. The number of nitrogens with zero attached hydrogens (tertiary/aromatic N) is 2. The first-order chi connectivity index (χ1) is 18.7. The van der Waals surface area contributed by atoms with Crippen molar-refractivity contribution < 1.29 is 9.47 Å². The van der Waals surface area contributed by atoms with Gasteiger partial charge in [0.1, 0.15) is 5.01 Å². The molecule has 4 aromatic rings. The van der Waals surface area contributed by atoms with E-state index in [2.05, 4.69) is 54.1 Å². The summed E-state index contributed by atoms with van der Waals surface area (Å²) < 4.78 is 11.0. The molecule has 5 nitrogen and oxygen atoms in total. The van der Waals surface area contributed by atoms with E-state index in [1.54, 1.807) is 11.3 Å². The Labute approximate surface area is 234 Å². The number of thiazole rings is 2. The van der Waals surface area contributed by atoms with Crippen LogP contribution in [0, 0.1) is 0 Å². The summed E-state index contributed by atoms with van der Waals surface area (Å²) in [7, 11) is 0. The smallest absolute Gasteiger partial charge is 0.101 e. The van der Waals surface area contributed by atoms with E-state index < -0.39 is 0 Å². The minimum absolute atomic E-state index is 0.0238. The van der Waals surface area contributed by atoms with Gasteiger partial charge in [-0.05, 0) is 32.1 Å². The first-order valence-corrected chi connectivity index (χ1v) is 15.3. The molecule has 2 aromatic heterocycles. The van der Waals surface area contributed by atoms with E-state index in [0.29, 0.717) is 6.54 Å². The summed E-state index contributed by atoms with van der Waals surface area (Å²) in [5, 5.41) is 6.78. The van der Waals surface area contributed by atoms with E-state index in [0.717, 1.165) is 74.9 Å². The van der Waals surface area contributed by atoms with Crippen LogP contribution in [0.25, 0.3) is 22.5 Å². The van der Waals surface area contributed by atoms with E-state index >= 15 is 0 Å². The van der Waals surface area contributed by atoms with Gasteiger partial charge in [-0.15, -0.1) is 22.7 Å². The Morgan fingerprint density at radius 1 is 0.684 bits per heavy atom. The summed E-state index contributed by atoms with van der Waals surface area (Å²) in [5.41, 5.74) is 10.8. The molecule has 0 radical (unpaired) electrons. The third kappa shape index (κ3) is 5.92. The quantitative estimate of drug-likeness (QED) is 0.279. The van der Waals surface area contributed by atoms with Crippen molar-refractivity contribution in [2.45, 2.75) is 49.9 Å². The molecule has 2 fully saturated rings. The van der Waals surface area contributed by atoms with Crippen LogP contribution in [-0.4, -0.2) is 42.9 Å². The van der Waals surface area contributed by atoms with E-state index in [4.69, 9.17) is 25.2 Å². The number of nitrogens with two attached hydrogens (primary N) is 1. The van der Waals surface area contributed by atoms with Crippen LogP contribution in [0.3, 0.4) is 0 Å². The second-order valence-electron chi connectivity index (χ2n) is 10.2. The maximum Gasteiger partial charge on any atom is 0.101 e. The summed E-state index contributed by atoms with van der Waals surface area (Å²) in [4.78, 5) is 9.74. The van der Waals surface area contributed by atoms with E-state index in [1.807, 2.05) is 35.6 Å². The lowest BCUT2D eigenvalue weighted by molar-refractivity contribution is 0.0485. The molecular weight excluding hydrogens is 510 g/mol. The van der Waals surface area contributed by atoms with Gasteiger partial charge in [-0.25, -0.2) is 9.97 Å². The summed E-state index contributed by atoms with van der Waals surface area (Å²) >= 11 is 3.54. The number of hydrogen-bond donors (Lipinski definition) is 1. The molecule has 0 bridgehead atoms. The lowest BCUT2D eigenvalue weighted by atomic mass is 9.78. The second kappa shape index (κ2) is 12.6. The number of ether oxygens (including phenoxy) is 2. The zero-order chi connectivity index (χ0) is 26.3. The van der Waals surface area contributed by atoms with Crippen LogP contribution in [0.5, 0.6) is 0 Å². The van der Waals surface area contributed by atoms with Crippen molar-refractivity contribution in [2.24, 2.45) is 5.73 Å². The Balaban J connectivity index is 0.000000155. The third-order valence-electron chi connectivity index (χ3n) is 8.02. The molecular formula is C31H37N3O2S2. The number of rotatable bonds is 6. The molecule has 2 aliphatic heterocycles. The normalized spacial score (nSPS) is 18.4. The molecule has 0 atom stereocenters. The Morgan fingerprint density at radius 3 is 1.53 bits per heavy atom. The SMILES string of the molecule is CCC1(c2nc(-c3ccccc3)cs2)CCOCC1.NCC1(c2nc(-c3ccccc3)cs2)CCOCC1. The maximum absolute atomic E-state index is 6.03. The van der Waals surface area contributed by atoms with Gasteiger partial charge in [-0.3, -0.25) is 0 Å². The fourth-order valence-electron chi connectivity index (χ4n) is 5.27. The van der Waals surface area contributed by atoms with Gasteiger partial charge in [0.25, 0.3) is 0 Å². The number of aromatic nitrogens is 2. The van der Waals surface area contributed by atoms with Gasteiger partial charge < -0.3 is 15.2 Å². The molecule has 38 heavy (non-hydrogen) atoms. The fourth-order valence-corrected chi connectivity index (χ4v) is 7.53. The Kier molecular flexibility index (Phi) is 9.02. The average Bonchev–Trinajstić information content (AvgIpc) is 3.71. The van der Waals surface area contributed by atoms with Gasteiger partial charge in [0, 0.05) is 65.7 Å². The number of hydrogen-bond acceptors (Lipinski definition) is 7. The fraction of sp³-hybridized carbons (Fsp3) is 0.419. The Hall–Kier alpha value is -2.42. The van der Waals surface area contributed by atoms with Crippen molar-refractivity contribution in [3.05, 3.63) is 81.4 Å². The average molecular weight is 548 g/mol. The predicted molar refractivity (Wildman–Crippen MR) is 158 cm³/mol. The molecule has 2 saturated heterocycles. The second-order valence-corrected chi connectivity index (χ2v) is 11.9. The van der Waals surface area contributed by atoms with Gasteiger partial charge in [-0.1, -0.05) is 67.6 Å². The third-order valence-corrected chi connectivity index (χ3v) is 10.2. The van der Waals surface area contributed by atoms with Gasteiger partial charge >= 0.3 is 0 Å². The highest BCUT2D eigenvalue weighted by Crippen LogP contribution is 2.41. The minimum Gasteiger partial charge on any atom is -0.381 e. The van der Waals surface area contributed by atoms with Crippen LogP contribution >= 0.6 is 22.7 Å². The first-order valence-electron chi connectivity index (χ1n) is 13.6. The van der Waals surface area contributed by atoms with Crippen molar-refractivity contribution in [1.82, 2.24) is 9.97 Å². The molecule has 0 unspecified atom stereocenters. The van der Waals surface area contributed by atoms with Crippen LogP contribution < -0.4 is 5.73 Å². The van der Waals surface area contributed by atoms with Crippen molar-refractivity contribution in [1.29, 1.82) is 0 Å². The summed E-state index contributed by atoms with van der Waals surface area (Å²) in [5.74, 6) is 0. The van der Waals surface area contributed by atoms with Crippen LogP contribution in [0.1, 0.15) is 49.0 Å². The minimum atomic E-state index is 0.0238. The van der Waals surface area contributed by atoms with Crippen LogP contribution in [0.15, 0.2) is 71.4 Å². The molecule has 0 amide bonds. The molecule has 0 saturated carbocycles. The van der Waals surface area contributed by atoms with Gasteiger partial charge in [0.15, 0.2) is 0 Å². The molecule has 6 rings (SSSR count). The first kappa shape index (κ1) is 27.2. The van der Waals surface area contributed by atoms with Gasteiger partial charge in [0.2, 0.25) is 0 Å². The highest BCUT2D eigenvalue weighted by atomic mass is 32.1. The largest absolute Gasteiger partial charge is 0.381 e. The highest BCUT2D eigenvalue weighted by Gasteiger charge is 2.36. The van der Waals surface area contributed by atoms with Crippen molar-refractivity contribution >= 4 is 22.7 Å². The Bertz CT molecular complexity index is 1160. The molecule has 4 heterocycles. The lowest BCUT2D eigenvalue weighted by Gasteiger charge is -2.34. The monoisotopic (exact) mass is 547 g/mol. The standard InChI is InChI=1S/C16H19NOS.C15H18N2OS/c1-2-16(8-10-18-11-9-16)15-17-14(12-19-15)13-6-4-3-5-7-13;16-11-15(6-8-18-9-7-15)14-17-13(10-19-14)12-4-2-1-3-5-12/h3-7,12H,2,8-11H2,1H3;1-5,10H,6-9,11,16H2. The zero-order valence-electron chi connectivity index (χ0n) is 22.1. The lowest BCUT2D eigenvalue weighted by Crippen LogP contribution is -2.40. The predicted octanol–water partition coefficient (Wildman–Crippen LogP) is 7.09. The van der Waals surface area contributed by atoms with Crippen LogP contribution in [0.4, 0.5) is 0 Å². The van der Waals surface area contributed by atoms with Crippen molar-refractivity contribution in [2.75, 3.05) is 33.0 Å². The van der Waals surface area contributed by atoms with Crippen molar-refractivity contribution in [3.63, 3.8) is 0 Å². The molecule has 7 heteroatoms. The van der Waals surface area contributed by atoms with Gasteiger partial charge in [-0.2, -0.15) is 0 Å². The number of benzene rings is 2. The van der Waals surface area contributed by atoms with E-state index in [-0.39, 0.29) is 10.8 Å². The molecule has 2 aromatic carbocycles. The molecule has 200 valence electrons. The highest BCUT2D eigenvalue weighted by molar-refractivity contribution is 7.10. The van der Waals surface area contributed by atoms with E-state index in [9.17, 15) is 0 Å². The molecule has 2 N–H and O–H groups in total. The van der Waals surface area contributed by atoms with E-state index in [1.165, 1.54) is 16.1 Å². The molecule has 0 spiro atoms. The molecule has 2 aliphatic rings. The topological polar surface area (TPSA) is 70.3 Å². The Morgan fingerprint density at radius 2 is 1.11 bits per heavy atom. The van der Waals surface area contributed by atoms with Gasteiger partial charge in [0.05, 0.1) is 16.4 Å².